The van der Waals surface area contributed by atoms with Crippen LogP contribution in [0.25, 0.3) is 0 Å². The average Bonchev–Trinajstić information content (AvgIpc) is 2.64. The summed E-state index contributed by atoms with van der Waals surface area (Å²) in [7, 11) is 0. The Morgan fingerprint density at radius 2 is 1.92 bits per heavy atom. The predicted octanol–water partition coefficient (Wildman–Crippen LogP) is 0.755. The summed E-state index contributed by atoms with van der Waals surface area (Å²) in [6.07, 6.45) is 1.84. The summed E-state index contributed by atoms with van der Waals surface area (Å²) in [5.41, 5.74) is 2.40. The van der Waals surface area contributed by atoms with Crippen LogP contribution >= 0.6 is 0 Å². The summed E-state index contributed by atoms with van der Waals surface area (Å²) >= 11 is 0. The molecule has 2 aliphatic rings. The number of hydrogen-bond acceptors (Lipinski definition) is 5. The zero-order chi connectivity index (χ0) is 16.9. The summed E-state index contributed by atoms with van der Waals surface area (Å²) in [5.74, 6) is 0.245. The number of amides is 1. The van der Waals surface area contributed by atoms with Gasteiger partial charge in [0, 0.05) is 57.7 Å². The molecular formula is C18H28N4O2. The van der Waals surface area contributed by atoms with Crippen LogP contribution in [0.5, 0.6) is 0 Å². The van der Waals surface area contributed by atoms with Crippen LogP contribution in [0.3, 0.4) is 0 Å². The maximum Gasteiger partial charge on any atom is 0.239 e. The molecule has 0 aromatic carbocycles. The lowest BCUT2D eigenvalue weighted by Gasteiger charge is -2.39. The molecule has 1 amide bonds. The number of hydrogen-bond donors (Lipinski definition) is 0. The van der Waals surface area contributed by atoms with Crippen LogP contribution < -0.4 is 0 Å². The first kappa shape index (κ1) is 17.3. The molecule has 6 heteroatoms. The Hall–Kier alpha value is -1.50. The van der Waals surface area contributed by atoms with Crippen molar-refractivity contribution in [2.75, 3.05) is 52.5 Å². The zero-order valence-electron chi connectivity index (χ0n) is 14.8. The fourth-order valence-electron chi connectivity index (χ4n) is 3.44. The molecule has 1 atom stereocenters. The van der Waals surface area contributed by atoms with Gasteiger partial charge in [0.1, 0.15) is 0 Å². The Balaban J connectivity index is 1.49. The lowest BCUT2D eigenvalue weighted by Crippen LogP contribution is -2.55. The molecule has 132 valence electrons. The fourth-order valence-corrected chi connectivity index (χ4v) is 3.44. The first-order chi connectivity index (χ1) is 11.6. The molecule has 6 nitrogen and oxygen atoms in total. The Morgan fingerprint density at radius 3 is 2.58 bits per heavy atom. The van der Waals surface area contributed by atoms with Gasteiger partial charge in [0.15, 0.2) is 0 Å². The second-order valence-electron chi connectivity index (χ2n) is 6.67. The maximum atomic E-state index is 12.6. The monoisotopic (exact) mass is 332 g/mol. The van der Waals surface area contributed by atoms with Crippen LogP contribution in [0.2, 0.25) is 0 Å². The van der Waals surface area contributed by atoms with Crippen molar-refractivity contribution in [1.29, 1.82) is 0 Å². The molecule has 1 aromatic rings. The van der Waals surface area contributed by atoms with Gasteiger partial charge < -0.3 is 9.64 Å². The van der Waals surface area contributed by atoms with Crippen molar-refractivity contribution in [3.8, 4) is 0 Å². The Bertz CT molecular complexity index is 552. The van der Waals surface area contributed by atoms with E-state index in [1.807, 2.05) is 24.1 Å². The standard InChI is InChI=1S/C18H28N4O2/c1-15-17(4-3-5-19-15)14-20-6-8-21(9-7-20)16(2)18(23)22-10-12-24-13-11-22/h3-5,16H,6-14H2,1-2H3/t16-/m0/s1. The van der Waals surface area contributed by atoms with E-state index < -0.39 is 0 Å². The molecule has 0 radical (unpaired) electrons. The van der Waals surface area contributed by atoms with Gasteiger partial charge in [0.2, 0.25) is 5.91 Å². The van der Waals surface area contributed by atoms with Gasteiger partial charge in [-0.1, -0.05) is 6.07 Å². The van der Waals surface area contributed by atoms with E-state index in [4.69, 9.17) is 4.74 Å². The van der Waals surface area contributed by atoms with Crippen molar-refractivity contribution in [3.05, 3.63) is 29.6 Å². The molecule has 24 heavy (non-hydrogen) atoms. The third-order valence-corrected chi connectivity index (χ3v) is 5.15. The smallest absolute Gasteiger partial charge is 0.239 e. The number of rotatable bonds is 4. The number of piperazine rings is 1. The van der Waals surface area contributed by atoms with Gasteiger partial charge in [-0.25, -0.2) is 0 Å². The Kier molecular flexibility index (Phi) is 5.81. The van der Waals surface area contributed by atoms with E-state index in [1.54, 1.807) is 0 Å². The van der Waals surface area contributed by atoms with Crippen LogP contribution in [0.15, 0.2) is 18.3 Å². The van der Waals surface area contributed by atoms with Crippen molar-refractivity contribution in [3.63, 3.8) is 0 Å². The molecule has 2 fully saturated rings. The van der Waals surface area contributed by atoms with Gasteiger partial charge in [-0.3, -0.25) is 19.6 Å². The van der Waals surface area contributed by atoms with E-state index in [2.05, 4.69) is 27.8 Å². The number of morpholine rings is 1. The Morgan fingerprint density at radius 1 is 1.21 bits per heavy atom. The van der Waals surface area contributed by atoms with Crippen LogP contribution in [-0.4, -0.2) is 84.1 Å². The SMILES string of the molecule is Cc1ncccc1CN1CCN([C@@H](C)C(=O)N2CCOCC2)CC1. The van der Waals surface area contributed by atoms with Gasteiger partial charge in [0.05, 0.1) is 19.3 Å². The van der Waals surface area contributed by atoms with Crippen molar-refractivity contribution in [2.45, 2.75) is 26.4 Å². The predicted molar refractivity (Wildman–Crippen MR) is 92.7 cm³/mol. The van der Waals surface area contributed by atoms with E-state index in [1.165, 1.54) is 5.56 Å². The highest BCUT2D eigenvalue weighted by molar-refractivity contribution is 5.81. The van der Waals surface area contributed by atoms with E-state index in [0.29, 0.717) is 13.2 Å². The van der Waals surface area contributed by atoms with Gasteiger partial charge in [0.25, 0.3) is 0 Å². The van der Waals surface area contributed by atoms with Crippen molar-refractivity contribution in [1.82, 2.24) is 19.7 Å². The molecule has 3 rings (SSSR count). The highest BCUT2D eigenvalue weighted by atomic mass is 16.5. The van der Waals surface area contributed by atoms with E-state index in [-0.39, 0.29) is 11.9 Å². The van der Waals surface area contributed by atoms with Crippen molar-refractivity contribution >= 4 is 5.91 Å². The minimum Gasteiger partial charge on any atom is -0.378 e. The topological polar surface area (TPSA) is 48.9 Å². The van der Waals surface area contributed by atoms with Crippen molar-refractivity contribution < 1.29 is 9.53 Å². The van der Waals surface area contributed by atoms with E-state index in [9.17, 15) is 4.79 Å². The molecule has 0 spiro atoms. The van der Waals surface area contributed by atoms with Gasteiger partial charge in [-0.2, -0.15) is 0 Å². The van der Waals surface area contributed by atoms with E-state index in [0.717, 1.165) is 51.5 Å². The number of ether oxygens (including phenoxy) is 1. The molecular weight excluding hydrogens is 304 g/mol. The Labute approximate surface area is 144 Å². The number of nitrogens with zero attached hydrogens (tertiary/aromatic N) is 4. The number of aryl methyl sites for hydroxylation is 1. The number of aromatic nitrogens is 1. The summed E-state index contributed by atoms with van der Waals surface area (Å²) in [6.45, 7) is 11.7. The summed E-state index contributed by atoms with van der Waals surface area (Å²) < 4.78 is 5.34. The highest BCUT2D eigenvalue weighted by Gasteiger charge is 2.29. The summed E-state index contributed by atoms with van der Waals surface area (Å²) in [6, 6.07) is 4.12. The second-order valence-corrected chi connectivity index (χ2v) is 6.67. The van der Waals surface area contributed by atoms with Gasteiger partial charge >= 0.3 is 0 Å². The molecule has 2 aliphatic heterocycles. The zero-order valence-corrected chi connectivity index (χ0v) is 14.8. The normalized spacial score (nSPS) is 21.7. The third kappa shape index (κ3) is 4.12. The van der Waals surface area contributed by atoms with Crippen LogP contribution in [0.1, 0.15) is 18.2 Å². The first-order valence-electron chi connectivity index (χ1n) is 8.88. The largest absolute Gasteiger partial charge is 0.378 e. The minimum absolute atomic E-state index is 0.0367. The minimum atomic E-state index is -0.0367. The fraction of sp³-hybridized carbons (Fsp3) is 0.667. The summed E-state index contributed by atoms with van der Waals surface area (Å²) in [4.78, 5) is 23.7. The first-order valence-corrected chi connectivity index (χ1v) is 8.88. The molecule has 2 saturated heterocycles. The van der Waals surface area contributed by atoms with Crippen molar-refractivity contribution in [2.24, 2.45) is 0 Å². The molecule has 0 unspecified atom stereocenters. The number of pyridine rings is 1. The van der Waals surface area contributed by atoms with Gasteiger partial charge in [-0.05, 0) is 25.5 Å². The highest BCUT2D eigenvalue weighted by Crippen LogP contribution is 2.14. The lowest BCUT2D eigenvalue weighted by molar-refractivity contribution is -0.141. The van der Waals surface area contributed by atoms with Crippen LogP contribution in [-0.2, 0) is 16.1 Å². The molecule has 0 bridgehead atoms. The maximum absolute atomic E-state index is 12.6. The van der Waals surface area contributed by atoms with Crippen LogP contribution in [0.4, 0.5) is 0 Å². The molecule has 0 N–H and O–H groups in total. The third-order valence-electron chi connectivity index (χ3n) is 5.15. The molecule has 0 aliphatic carbocycles. The molecule has 0 saturated carbocycles. The van der Waals surface area contributed by atoms with Gasteiger partial charge in [-0.15, -0.1) is 0 Å². The van der Waals surface area contributed by atoms with E-state index >= 15 is 0 Å². The molecule has 3 heterocycles. The second kappa shape index (κ2) is 8.05. The van der Waals surface area contributed by atoms with Crippen LogP contribution in [0, 0.1) is 6.92 Å². The summed E-state index contributed by atoms with van der Waals surface area (Å²) in [5, 5.41) is 0. The number of carbonyl (C=O) groups is 1. The molecule has 1 aromatic heterocycles. The lowest BCUT2D eigenvalue weighted by atomic mass is 10.1. The number of carbonyl (C=O) groups excluding carboxylic acids is 1. The quantitative estimate of drug-likeness (QED) is 0.815. The average molecular weight is 332 g/mol.